The SMILES string of the molecule is NC(=O)C1CCCNC1c1ccccc1C1CCC1. The lowest BCUT2D eigenvalue weighted by atomic mass is 9.74. The van der Waals surface area contributed by atoms with Crippen LogP contribution >= 0.6 is 0 Å². The summed E-state index contributed by atoms with van der Waals surface area (Å²) in [6.45, 7) is 0.980. The summed E-state index contributed by atoms with van der Waals surface area (Å²) >= 11 is 0. The molecule has 1 saturated carbocycles. The number of hydrogen-bond acceptors (Lipinski definition) is 2. The van der Waals surface area contributed by atoms with Gasteiger partial charge in [-0.1, -0.05) is 30.7 Å². The molecule has 1 aromatic rings. The Labute approximate surface area is 114 Å². The topological polar surface area (TPSA) is 55.1 Å². The van der Waals surface area contributed by atoms with Crippen molar-refractivity contribution in [3.05, 3.63) is 35.4 Å². The first kappa shape index (κ1) is 12.7. The molecule has 3 rings (SSSR count). The number of carbonyl (C=O) groups is 1. The molecule has 1 amide bonds. The third-order valence-corrected chi connectivity index (χ3v) is 4.70. The van der Waals surface area contributed by atoms with Crippen LogP contribution in [0.15, 0.2) is 24.3 Å². The summed E-state index contributed by atoms with van der Waals surface area (Å²) in [7, 11) is 0. The lowest BCUT2D eigenvalue weighted by Crippen LogP contribution is -2.41. The van der Waals surface area contributed by atoms with E-state index < -0.39 is 0 Å². The first-order chi connectivity index (χ1) is 9.27. The van der Waals surface area contributed by atoms with E-state index in [1.165, 1.54) is 30.4 Å². The molecule has 0 radical (unpaired) electrons. The van der Waals surface area contributed by atoms with E-state index >= 15 is 0 Å². The number of benzene rings is 1. The van der Waals surface area contributed by atoms with E-state index in [0.717, 1.165) is 19.4 Å². The zero-order valence-corrected chi connectivity index (χ0v) is 11.3. The quantitative estimate of drug-likeness (QED) is 0.875. The Morgan fingerprint density at radius 1 is 1.11 bits per heavy atom. The average Bonchev–Trinajstić information content (AvgIpc) is 2.37. The molecule has 0 bridgehead atoms. The second kappa shape index (κ2) is 5.33. The van der Waals surface area contributed by atoms with Crippen molar-refractivity contribution in [2.45, 2.75) is 44.1 Å². The van der Waals surface area contributed by atoms with Crippen LogP contribution in [0, 0.1) is 5.92 Å². The standard InChI is InChI=1S/C16H22N2O/c17-16(19)14-9-4-10-18-15(14)13-8-2-1-7-12(13)11-5-3-6-11/h1-2,7-8,11,14-15,18H,3-6,9-10H2,(H2,17,19). The molecule has 2 aliphatic rings. The highest BCUT2D eigenvalue weighted by Crippen LogP contribution is 2.41. The molecule has 2 unspecified atom stereocenters. The molecule has 0 aromatic heterocycles. The summed E-state index contributed by atoms with van der Waals surface area (Å²) in [5, 5.41) is 3.51. The summed E-state index contributed by atoms with van der Waals surface area (Å²) in [4.78, 5) is 11.7. The number of nitrogens with two attached hydrogens (primary N) is 1. The Bertz CT molecular complexity index is 468. The maximum absolute atomic E-state index is 11.7. The Hall–Kier alpha value is -1.35. The van der Waals surface area contributed by atoms with Crippen molar-refractivity contribution < 1.29 is 4.79 Å². The predicted molar refractivity (Wildman–Crippen MR) is 75.7 cm³/mol. The van der Waals surface area contributed by atoms with Crippen molar-refractivity contribution in [1.82, 2.24) is 5.32 Å². The van der Waals surface area contributed by atoms with Crippen LogP contribution in [-0.4, -0.2) is 12.5 Å². The number of hydrogen-bond donors (Lipinski definition) is 2. The van der Waals surface area contributed by atoms with Crippen LogP contribution in [0.3, 0.4) is 0 Å². The second-order valence-corrected chi connectivity index (χ2v) is 5.84. The van der Waals surface area contributed by atoms with Gasteiger partial charge in [-0.3, -0.25) is 4.79 Å². The molecule has 2 fully saturated rings. The highest BCUT2D eigenvalue weighted by atomic mass is 16.1. The fourth-order valence-electron chi connectivity index (χ4n) is 3.41. The second-order valence-electron chi connectivity index (χ2n) is 5.84. The minimum absolute atomic E-state index is 0.0602. The minimum Gasteiger partial charge on any atom is -0.369 e. The molecule has 102 valence electrons. The maximum atomic E-state index is 11.7. The van der Waals surface area contributed by atoms with E-state index in [9.17, 15) is 4.79 Å². The number of nitrogens with one attached hydrogen (secondary N) is 1. The summed E-state index contributed by atoms with van der Waals surface area (Å²) in [6.07, 6.45) is 5.84. The first-order valence-corrected chi connectivity index (χ1v) is 7.39. The van der Waals surface area contributed by atoms with Crippen LogP contribution in [0.5, 0.6) is 0 Å². The molecule has 2 atom stereocenters. The molecule has 19 heavy (non-hydrogen) atoms. The molecular weight excluding hydrogens is 236 g/mol. The van der Waals surface area contributed by atoms with Gasteiger partial charge in [-0.05, 0) is 49.3 Å². The Kier molecular flexibility index (Phi) is 3.56. The van der Waals surface area contributed by atoms with E-state index in [0.29, 0.717) is 5.92 Å². The molecule has 0 spiro atoms. The summed E-state index contributed by atoms with van der Waals surface area (Å²) in [5.41, 5.74) is 8.32. The van der Waals surface area contributed by atoms with Gasteiger partial charge in [0.05, 0.1) is 5.92 Å². The molecule has 1 aliphatic heterocycles. The largest absolute Gasteiger partial charge is 0.369 e. The summed E-state index contributed by atoms with van der Waals surface area (Å²) in [5.74, 6) is 0.462. The van der Waals surface area contributed by atoms with Crippen molar-refractivity contribution in [2.24, 2.45) is 11.7 Å². The van der Waals surface area contributed by atoms with Crippen molar-refractivity contribution in [3.63, 3.8) is 0 Å². The van der Waals surface area contributed by atoms with E-state index in [1.54, 1.807) is 0 Å². The highest BCUT2D eigenvalue weighted by Gasteiger charge is 2.33. The van der Waals surface area contributed by atoms with Gasteiger partial charge in [-0.2, -0.15) is 0 Å². The van der Waals surface area contributed by atoms with Crippen molar-refractivity contribution in [2.75, 3.05) is 6.54 Å². The summed E-state index contributed by atoms with van der Waals surface area (Å²) in [6, 6.07) is 8.70. The third-order valence-electron chi connectivity index (χ3n) is 4.70. The Morgan fingerprint density at radius 2 is 1.84 bits per heavy atom. The van der Waals surface area contributed by atoms with Crippen LogP contribution < -0.4 is 11.1 Å². The van der Waals surface area contributed by atoms with Gasteiger partial charge in [-0.15, -0.1) is 0 Å². The number of carbonyl (C=O) groups excluding carboxylic acids is 1. The number of rotatable bonds is 3. The van der Waals surface area contributed by atoms with E-state index in [2.05, 4.69) is 29.6 Å². The molecule has 3 nitrogen and oxygen atoms in total. The lowest BCUT2D eigenvalue weighted by Gasteiger charge is -2.35. The first-order valence-electron chi connectivity index (χ1n) is 7.39. The van der Waals surface area contributed by atoms with Crippen LogP contribution in [0.4, 0.5) is 0 Å². The fraction of sp³-hybridized carbons (Fsp3) is 0.562. The number of piperidine rings is 1. The van der Waals surface area contributed by atoms with Crippen molar-refractivity contribution in [3.8, 4) is 0 Å². The van der Waals surface area contributed by atoms with Crippen LogP contribution in [0.2, 0.25) is 0 Å². The lowest BCUT2D eigenvalue weighted by molar-refractivity contribution is -0.123. The Morgan fingerprint density at radius 3 is 2.47 bits per heavy atom. The number of amides is 1. The third kappa shape index (κ3) is 2.39. The molecule has 1 aliphatic carbocycles. The van der Waals surface area contributed by atoms with Crippen molar-refractivity contribution >= 4 is 5.91 Å². The molecular formula is C16H22N2O. The van der Waals surface area contributed by atoms with Gasteiger partial charge in [0, 0.05) is 6.04 Å². The maximum Gasteiger partial charge on any atom is 0.222 e. The van der Waals surface area contributed by atoms with Gasteiger partial charge in [0.15, 0.2) is 0 Å². The molecule has 1 heterocycles. The molecule has 1 aromatic carbocycles. The van der Waals surface area contributed by atoms with Crippen LogP contribution in [0.25, 0.3) is 0 Å². The minimum atomic E-state index is -0.166. The zero-order valence-electron chi connectivity index (χ0n) is 11.3. The molecule has 3 heteroatoms. The fourth-order valence-corrected chi connectivity index (χ4v) is 3.41. The summed E-state index contributed by atoms with van der Waals surface area (Å²) < 4.78 is 0. The van der Waals surface area contributed by atoms with E-state index in [4.69, 9.17) is 5.73 Å². The predicted octanol–water partition coefficient (Wildman–Crippen LogP) is 2.48. The highest BCUT2D eigenvalue weighted by molar-refractivity contribution is 5.78. The van der Waals surface area contributed by atoms with Gasteiger partial charge in [0.25, 0.3) is 0 Å². The zero-order chi connectivity index (χ0) is 13.2. The molecule has 3 N–H and O–H groups in total. The normalized spacial score (nSPS) is 27.8. The van der Waals surface area contributed by atoms with Gasteiger partial charge < -0.3 is 11.1 Å². The van der Waals surface area contributed by atoms with E-state index in [1.807, 2.05) is 0 Å². The van der Waals surface area contributed by atoms with Crippen LogP contribution in [0.1, 0.15) is 55.2 Å². The Balaban J connectivity index is 1.93. The smallest absolute Gasteiger partial charge is 0.222 e. The van der Waals surface area contributed by atoms with Crippen LogP contribution in [-0.2, 0) is 4.79 Å². The molecule has 1 saturated heterocycles. The number of primary amides is 1. The monoisotopic (exact) mass is 258 g/mol. The van der Waals surface area contributed by atoms with Crippen molar-refractivity contribution in [1.29, 1.82) is 0 Å². The van der Waals surface area contributed by atoms with Gasteiger partial charge in [-0.25, -0.2) is 0 Å². The van der Waals surface area contributed by atoms with Gasteiger partial charge in [0.1, 0.15) is 0 Å². The average molecular weight is 258 g/mol. The van der Waals surface area contributed by atoms with E-state index in [-0.39, 0.29) is 17.9 Å². The van der Waals surface area contributed by atoms with Gasteiger partial charge in [0.2, 0.25) is 5.91 Å². The van der Waals surface area contributed by atoms with Gasteiger partial charge >= 0.3 is 0 Å².